The molecule has 2 atom stereocenters. The van der Waals surface area contributed by atoms with Crippen LogP contribution in [0, 0.1) is 23.2 Å². The second kappa shape index (κ2) is 7.56. The number of nitrogens with zero attached hydrogens (tertiary/aromatic N) is 1. The van der Waals surface area contributed by atoms with Crippen molar-refractivity contribution in [1.82, 2.24) is 0 Å². The number of nitrogens with two attached hydrogens (primary N) is 1. The van der Waals surface area contributed by atoms with Crippen LogP contribution in [0.25, 0.3) is 0 Å². The second-order valence-electron chi connectivity index (χ2n) is 5.17. The lowest BCUT2D eigenvalue weighted by Gasteiger charge is -2.19. The van der Waals surface area contributed by atoms with Gasteiger partial charge in [-0.3, -0.25) is 0 Å². The minimum atomic E-state index is 0.536. The first-order valence-corrected chi connectivity index (χ1v) is 8.27. The first-order chi connectivity index (χ1) is 9.80. The Morgan fingerprint density at radius 2 is 2.20 bits per heavy atom. The molecular formula is C16H22N2OS. The molecule has 0 heterocycles. The molecule has 4 heteroatoms. The summed E-state index contributed by atoms with van der Waals surface area (Å²) in [5.74, 6) is 2.78. The van der Waals surface area contributed by atoms with E-state index in [-0.39, 0.29) is 0 Å². The van der Waals surface area contributed by atoms with Crippen LogP contribution < -0.4 is 10.5 Å². The lowest BCUT2D eigenvalue weighted by Crippen LogP contribution is -2.23. The number of hydrogen-bond donors (Lipinski definition) is 1. The number of nitriles is 1. The summed E-state index contributed by atoms with van der Waals surface area (Å²) >= 11 is 1.68. The molecule has 108 valence electrons. The van der Waals surface area contributed by atoms with E-state index in [2.05, 4.69) is 13.0 Å². The maximum atomic E-state index is 9.35. The summed E-state index contributed by atoms with van der Waals surface area (Å²) in [7, 11) is 0. The predicted octanol–water partition coefficient (Wildman–Crippen LogP) is 3.42. The van der Waals surface area contributed by atoms with Gasteiger partial charge in [0.05, 0.1) is 6.61 Å². The zero-order valence-electron chi connectivity index (χ0n) is 12.0. The van der Waals surface area contributed by atoms with Gasteiger partial charge in [-0.25, -0.2) is 0 Å². The fraction of sp³-hybridized carbons (Fsp3) is 0.562. The molecule has 3 nitrogen and oxygen atoms in total. The number of benzene rings is 1. The molecule has 1 aliphatic rings. The Morgan fingerprint density at radius 1 is 1.40 bits per heavy atom. The molecule has 0 saturated heterocycles. The monoisotopic (exact) mass is 290 g/mol. The normalized spacial score (nSPS) is 21.6. The van der Waals surface area contributed by atoms with Crippen LogP contribution >= 0.6 is 11.8 Å². The van der Waals surface area contributed by atoms with Crippen LogP contribution in [0.15, 0.2) is 23.1 Å². The highest BCUT2D eigenvalue weighted by atomic mass is 32.2. The van der Waals surface area contributed by atoms with Crippen molar-refractivity contribution < 1.29 is 4.74 Å². The van der Waals surface area contributed by atoms with Gasteiger partial charge in [-0.2, -0.15) is 5.26 Å². The molecule has 0 amide bonds. The molecule has 0 radical (unpaired) electrons. The van der Waals surface area contributed by atoms with Crippen LogP contribution in [0.5, 0.6) is 5.75 Å². The smallest absolute Gasteiger partial charge is 0.138 e. The average molecular weight is 290 g/mol. The van der Waals surface area contributed by atoms with Crippen LogP contribution in [-0.4, -0.2) is 18.9 Å². The first-order valence-electron chi connectivity index (χ1n) is 7.28. The third kappa shape index (κ3) is 3.47. The van der Waals surface area contributed by atoms with Crippen molar-refractivity contribution in [2.75, 3.05) is 18.9 Å². The molecule has 2 N–H and O–H groups in total. The molecular weight excluding hydrogens is 268 g/mol. The van der Waals surface area contributed by atoms with E-state index >= 15 is 0 Å². The Bertz CT molecular complexity index is 484. The summed E-state index contributed by atoms with van der Waals surface area (Å²) in [4.78, 5) is 1.01. The highest BCUT2D eigenvalue weighted by Gasteiger charge is 2.26. The van der Waals surface area contributed by atoms with Gasteiger partial charge in [0.15, 0.2) is 0 Å². The van der Waals surface area contributed by atoms with Crippen LogP contribution in [-0.2, 0) is 0 Å². The van der Waals surface area contributed by atoms with Crippen LogP contribution in [0.3, 0.4) is 0 Å². The Kier molecular flexibility index (Phi) is 5.75. The van der Waals surface area contributed by atoms with Crippen molar-refractivity contribution >= 4 is 11.8 Å². The Morgan fingerprint density at radius 3 is 2.90 bits per heavy atom. The zero-order valence-corrected chi connectivity index (χ0v) is 12.8. The lowest BCUT2D eigenvalue weighted by molar-refractivity contribution is 0.216. The molecule has 0 spiro atoms. The van der Waals surface area contributed by atoms with E-state index in [0.717, 1.165) is 17.2 Å². The summed E-state index contributed by atoms with van der Waals surface area (Å²) in [6, 6.07) is 8.12. The number of rotatable bonds is 6. The minimum Gasteiger partial charge on any atom is -0.492 e. The molecule has 1 aromatic carbocycles. The average Bonchev–Trinajstić information content (AvgIpc) is 2.93. The molecule has 0 aliphatic heterocycles. The maximum Gasteiger partial charge on any atom is 0.138 e. The van der Waals surface area contributed by atoms with Gasteiger partial charge in [0.25, 0.3) is 0 Å². The van der Waals surface area contributed by atoms with Gasteiger partial charge in [0.1, 0.15) is 17.4 Å². The van der Waals surface area contributed by atoms with Crippen molar-refractivity contribution in [1.29, 1.82) is 5.26 Å². The van der Waals surface area contributed by atoms with Crippen LogP contribution in [0.4, 0.5) is 0 Å². The van der Waals surface area contributed by atoms with Crippen molar-refractivity contribution in [2.24, 2.45) is 17.6 Å². The van der Waals surface area contributed by atoms with Gasteiger partial charge in [-0.1, -0.05) is 19.4 Å². The number of ether oxygens (including phenoxy) is 1. The summed E-state index contributed by atoms with van der Waals surface area (Å²) in [5, 5.41) is 9.35. The molecule has 0 bridgehead atoms. The molecule has 1 aromatic rings. The molecule has 0 aromatic heterocycles. The van der Waals surface area contributed by atoms with Crippen LogP contribution in [0.1, 0.15) is 31.7 Å². The van der Waals surface area contributed by atoms with Crippen molar-refractivity contribution in [3.8, 4) is 11.8 Å². The molecule has 20 heavy (non-hydrogen) atoms. The number of hydrogen-bond acceptors (Lipinski definition) is 4. The standard InChI is InChI=1S/C16H22N2OS/c1-2-20-16-8-4-7-15(14(16)10-18)19-11-13-6-3-5-12(13)9-17/h4,7-8,12-13H,2-3,5-6,9,11,17H2,1H3. The van der Waals surface area contributed by atoms with E-state index in [1.807, 2.05) is 18.2 Å². The van der Waals surface area contributed by atoms with Gasteiger partial charge >= 0.3 is 0 Å². The highest BCUT2D eigenvalue weighted by molar-refractivity contribution is 7.99. The first kappa shape index (κ1) is 15.2. The Balaban J connectivity index is 2.06. The van der Waals surface area contributed by atoms with Gasteiger partial charge in [-0.05, 0) is 49.1 Å². The maximum absolute atomic E-state index is 9.35. The van der Waals surface area contributed by atoms with E-state index in [0.29, 0.717) is 29.8 Å². The van der Waals surface area contributed by atoms with E-state index in [1.165, 1.54) is 19.3 Å². The summed E-state index contributed by atoms with van der Waals surface area (Å²) < 4.78 is 5.94. The highest BCUT2D eigenvalue weighted by Crippen LogP contribution is 2.33. The van der Waals surface area contributed by atoms with Crippen molar-refractivity contribution in [3.05, 3.63) is 23.8 Å². The van der Waals surface area contributed by atoms with Gasteiger partial charge in [0, 0.05) is 4.90 Å². The number of thioether (sulfide) groups is 1. The summed E-state index contributed by atoms with van der Waals surface area (Å²) in [5.41, 5.74) is 6.47. The second-order valence-corrected chi connectivity index (χ2v) is 6.48. The fourth-order valence-corrected chi connectivity index (χ4v) is 3.63. The van der Waals surface area contributed by atoms with Crippen LogP contribution in [0.2, 0.25) is 0 Å². The van der Waals surface area contributed by atoms with Crippen molar-refractivity contribution in [2.45, 2.75) is 31.1 Å². The molecule has 2 rings (SSSR count). The van der Waals surface area contributed by atoms with Gasteiger partial charge in [0.2, 0.25) is 0 Å². The van der Waals surface area contributed by atoms with Gasteiger partial charge < -0.3 is 10.5 Å². The Labute approximate surface area is 125 Å². The fourth-order valence-electron chi connectivity index (χ4n) is 2.86. The predicted molar refractivity (Wildman–Crippen MR) is 82.9 cm³/mol. The van der Waals surface area contributed by atoms with E-state index in [9.17, 15) is 5.26 Å². The van der Waals surface area contributed by atoms with E-state index in [4.69, 9.17) is 10.5 Å². The quantitative estimate of drug-likeness (QED) is 0.815. The van der Waals surface area contributed by atoms with E-state index in [1.54, 1.807) is 11.8 Å². The molecule has 1 aliphatic carbocycles. The Hall–Kier alpha value is -1.18. The largest absolute Gasteiger partial charge is 0.492 e. The SMILES string of the molecule is CCSc1cccc(OCC2CCCC2CN)c1C#N. The summed E-state index contributed by atoms with van der Waals surface area (Å²) in [6.45, 7) is 3.51. The third-order valence-corrected chi connectivity index (χ3v) is 4.91. The van der Waals surface area contributed by atoms with E-state index < -0.39 is 0 Å². The minimum absolute atomic E-state index is 0.536. The molecule has 2 unspecified atom stereocenters. The lowest BCUT2D eigenvalue weighted by atomic mass is 9.97. The summed E-state index contributed by atoms with van der Waals surface area (Å²) in [6.07, 6.45) is 3.64. The molecule has 1 saturated carbocycles. The molecule has 1 fully saturated rings. The van der Waals surface area contributed by atoms with Gasteiger partial charge in [-0.15, -0.1) is 11.8 Å². The third-order valence-electron chi connectivity index (χ3n) is 3.97. The topological polar surface area (TPSA) is 59.0 Å². The zero-order chi connectivity index (χ0) is 14.4. The van der Waals surface area contributed by atoms with Crippen molar-refractivity contribution in [3.63, 3.8) is 0 Å².